The van der Waals surface area contributed by atoms with Crippen molar-refractivity contribution in [1.29, 1.82) is 0 Å². The number of aromatic nitrogens is 4. The summed E-state index contributed by atoms with van der Waals surface area (Å²) < 4.78 is 4.72. The minimum Gasteiger partial charge on any atom is -0.350 e. The van der Waals surface area contributed by atoms with Crippen molar-refractivity contribution in [2.45, 2.75) is 47.3 Å². The number of aryl methyl sites for hydroxylation is 2. The summed E-state index contributed by atoms with van der Waals surface area (Å²) in [5.74, 6) is -0.145. The highest BCUT2D eigenvalue weighted by Gasteiger charge is 2.17. The predicted octanol–water partition coefficient (Wildman–Crippen LogP) is 2.43. The summed E-state index contributed by atoms with van der Waals surface area (Å²) in [4.78, 5) is 12.2. The lowest BCUT2D eigenvalue weighted by atomic mass is 10.1. The molecule has 1 amide bonds. The maximum Gasteiger partial charge on any atom is 0.225 e. The molecule has 0 spiro atoms. The zero-order valence-corrected chi connectivity index (χ0v) is 15.0. The van der Waals surface area contributed by atoms with Crippen LogP contribution in [0.15, 0.2) is 16.7 Å². The molecule has 22 heavy (non-hydrogen) atoms. The number of carbonyl (C=O) groups excluding carboxylic acids is 1. The Labute approximate surface area is 139 Å². The number of rotatable bonds is 6. The summed E-state index contributed by atoms with van der Waals surface area (Å²) in [6.45, 7) is 9.73. The molecule has 6 nitrogen and oxygen atoms in total. The number of nitrogens with zero attached hydrogens (tertiary/aromatic N) is 4. The van der Waals surface area contributed by atoms with E-state index in [0.717, 1.165) is 28.1 Å². The molecule has 0 aliphatic rings. The second-order valence-corrected chi connectivity index (χ2v) is 6.24. The molecule has 0 saturated carbocycles. The fraction of sp³-hybridized carbons (Fsp3) is 0.533. The number of halogens is 1. The maximum atomic E-state index is 12.2. The van der Waals surface area contributed by atoms with Crippen molar-refractivity contribution in [2.75, 3.05) is 0 Å². The zero-order valence-electron chi connectivity index (χ0n) is 13.4. The van der Waals surface area contributed by atoms with Crippen LogP contribution in [0.5, 0.6) is 0 Å². The molecule has 1 N–H and O–H groups in total. The van der Waals surface area contributed by atoms with Gasteiger partial charge < -0.3 is 5.32 Å². The molecule has 0 aliphatic heterocycles. The Bertz CT molecular complexity index is 661. The lowest BCUT2D eigenvalue weighted by Crippen LogP contribution is -2.31. The first kappa shape index (κ1) is 16.7. The first-order valence-corrected chi connectivity index (χ1v) is 8.21. The van der Waals surface area contributed by atoms with Gasteiger partial charge in [0.15, 0.2) is 0 Å². The highest BCUT2D eigenvalue weighted by Crippen LogP contribution is 2.20. The van der Waals surface area contributed by atoms with Gasteiger partial charge in [-0.25, -0.2) is 0 Å². The van der Waals surface area contributed by atoms with Gasteiger partial charge in [0.2, 0.25) is 5.91 Å². The monoisotopic (exact) mass is 367 g/mol. The van der Waals surface area contributed by atoms with Crippen LogP contribution in [0.4, 0.5) is 0 Å². The third kappa shape index (κ3) is 3.76. The van der Waals surface area contributed by atoms with Crippen LogP contribution in [0.3, 0.4) is 0 Å². The quantitative estimate of drug-likeness (QED) is 0.852. The third-order valence-electron chi connectivity index (χ3n) is 3.65. The lowest BCUT2D eigenvalue weighted by molar-refractivity contribution is -0.125. The summed E-state index contributed by atoms with van der Waals surface area (Å²) in [6.07, 6.45) is 1.92. The largest absolute Gasteiger partial charge is 0.350 e. The zero-order chi connectivity index (χ0) is 16.3. The average molecular weight is 368 g/mol. The van der Waals surface area contributed by atoms with Gasteiger partial charge >= 0.3 is 0 Å². The van der Waals surface area contributed by atoms with Gasteiger partial charge in [-0.15, -0.1) is 0 Å². The molecule has 0 bridgehead atoms. The molecule has 0 aromatic carbocycles. The van der Waals surface area contributed by atoms with Gasteiger partial charge in [0.25, 0.3) is 0 Å². The van der Waals surface area contributed by atoms with Crippen molar-refractivity contribution in [1.82, 2.24) is 24.9 Å². The Hall–Kier alpha value is -1.63. The molecule has 0 aliphatic carbocycles. The van der Waals surface area contributed by atoms with Crippen LogP contribution in [0.2, 0.25) is 0 Å². The molecule has 1 atom stereocenters. The van der Waals surface area contributed by atoms with E-state index in [-0.39, 0.29) is 11.8 Å². The fourth-order valence-electron chi connectivity index (χ4n) is 2.22. The highest BCUT2D eigenvalue weighted by molar-refractivity contribution is 9.10. The van der Waals surface area contributed by atoms with Gasteiger partial charge in [-0.1, -0.05) is 6.92 Å². The molecular formula is C15H22BrN5O. The molecule has 2 aromatic rings. The van der Waals surface area contributed by atoms with Crippen molar-refractivity contribution in [3.63, 3.8) is 0 Å². The normalized spacial score (nSPS) is 12.4. The second-order valence-electron chi connectivity index (χ2n) is 5.45. The van der Waals surface area contributed by atoms with E-state index in [2.05, 4.69) is 31.4 Å². The van der Waals surface area contributed by atoms with E-state index in [4.69, 9.17) is 0 Å². The minimum absolute atomic E-state index is 0.00900. The molecule has 2 aromatic heterocycles. The molecule has 0 saturated heterocycles. The van der Waals surface area contributed by atoms with E-state index >= 15 is 0 Å². The smallest absolute Gasteiger partial charge is 0.225 e. The van der Waals surface area contributed by atoms with Crippen molar-refractivity contribution in [3.05, 3.63) is 33.8 Å². The van der Waals surface area contributed by atoms with Gasteiger partial charge in [0, 0.05) is 18.4 Å². The Morgan fingerprint density at radius 2 is 2.14 bits per heavy atom. The summed E-state index contributed by atoms with van der Waals surface area (Å²) in [7, 11) is 0. The van der Waals surface area contributed by atoms with Gasteiger partial charge in [-0.3, -0.25) is 14.2 Å². The van der Waals surface area contributed by atoms with E-state index in [9.17, 15) is 4.79 Å². The summed E-state index contributed by atoms with van der Waals surface area (Å²) >= 11 is 3.50. The Morgan fingerprint density at radius 1 is 1.41 bits per heavy atom. The van der Waals surface area contributed by atoms with Crippen LogP contribution < -0.4 is 5.32 Å². The second kappa shape index (κ2) is 7.09. The SMILES string of the molecule is CCn1ccc(CNC(=O)C(C)Cn2nc(C)c(Br)c2C)n1. The number of hydrogen-bond acceptors (Lipinski definition) is 3. The Balaban J connectivity index is 1.90. The molecule has 1 unspecified atom stereocenters. The van der Waals surface area contributed by atoms with E-state index in [1.165, 1.54) is 0 Å². The number of carbonyl (C=O) groups is 1. The Kier molecular flexibility index (Phi) is 5.39. The first-order valence-electron chi connectivity index (χ1n) is 7.42. The van der Waals surface area contributed by atoms with Crippen molar-refractivity contribution in [3.8, 4) is 0 Å². The van der Waals surface area contributed by atoms with Crippen LogP contribution in [0.1, 0.15) is 30.9 Å². The molecule has 2 heterocycles. The maximum absolute atomic E-state index is 12.2. The predicted molar refractivity (Wildman–Crippen MR) is 88.3 cm³/mol. The van der Waals surface area contributed by atoms with Gasteiger partial charge in [-0.2, -0.15) is 10.2 Å². The van der Waals surface area contributed by atoms with E-state index in [1.807, 2.05) is 49.3 Å². The minimum atomic E-state index is -0.154. The van der Waals surface area contributed by atoms with Crippen LogP contribution in [-0.4, -0.2) is 25.5 Å². The molecule has 120 valence electrons. The number of amides is 1. The van der Waals surface area contributed by atoms with Gasteiger partial charge in [0.1, 0.15) is 0 Å². The molecule has 0 fully saturated rings. The standard InChI is InChI=1S/C15H22BrN5O/c1-5-20-7-6-13(19-20)8-17-15(22)10(2)9-21-12(4)14(16)11(3)18-21/h6-7,10H,5,8-9H2,1-4H3,(H,17,22). The van der Waals surface area contributed by atoms with Crippen molar-refractivity contribution in [2.24, 2.45) is 5.92 Å². The average Bonchev–Trinajstić information content (AvgIpc) is 3.06. The van der Waals surface area contributed by atoms with E-state index < -0.39 is 0 Å². The highest BCUT2D eigenvalue weighted by atomic mass is 79.9. The molecule has 0 radical (unpaired) electrons. The van der Waals surface area contributed by atoms with E-state index in [0.29, 0.717) is 13.1 Å². The van der Waals surface area contributed by atoms with Crippen molar-refractivity contribution < 1.29 is 4.79 Å². The first-order chi connectivity index (χ1) is 10.4. The number of hydrogen-bond donors (Lipinski definition) is 1. The molecule has 2 rings (SSSR count). The lowest BCUT2D eigenvalue weighted by Gasteiger charge is -2.13. The van der Waals surface area contributed by atoms with Gasteiger partial charge in [-0.05, 0) is 42.8 Å². The summed E-state index contributed by atoms with van der Waals surface area (Å²) in [6, 6.07) is 1.92. The number of nitrogens with one attached hydrogen (secondary N) is 1. The molecular weight excluding hydrogens is 346 g/mol. The molecule has 7 heteroatoms. The van der Waals surface area contributed by atoms with E-state index in [1.54, 1.807) is 0 Å². The van der Waals surface area contributed by atoms with Crippen molar-refractivity contribution >= 4 is 21.8 Å². The van der Waals surface area contributed by atoms with Crippen LogP contribution in [0.25, 0.3) is 0 Å². The van der Waals surface area contributed by atoms with Crippen LogP contribution in [0, 0.1) is 19.8 Å². The Morgan fingerprint density at radius 3 is 2.68 bits per heavy atom. The third-order valence-corrected chi connectivity index (χ3v) is 4.80. The van der Waals surface area contributed by atoms with Gasteiger partial charge in [0.05, 0.1) is 34.9 Å². The summed E-state index contributed by atoms with van der Waals surface area (Å²) in [5.41, 5.74) is 2.85. The summed E-state index contributed by atoms with van der Waals surface area (Å²) in [5, 5.41) is 11.7. The van der Waals surface area contributed by atoms with Crippen LogP contribution >= 0.6 is 15.9 Å². The fourth-order valence-corrected chi connectivity index (χ4v) is 2.51. The van der Waals surface area contributed by atoms with Crippen LogP contribution in [-0.2, 0) is 24.4 Å². The topological polar surface area (TPSA) is 64.7 Å².